The summed E-state index contributed by atoms with van der Waals surface area (Å²) in [6, 6.07) is 8.34. The summed E-state index contributed by atoms with van der Waals surface area (Å²) in [6.45, 7) is 4.38. The van der Waals surface area contributed by atoms with Gasteiger partial charge in [-0.25, -0.2) is 9.07 Å². The van der Waals surface area contributed by atoms with Gasteiger partial charge in [0.25, 0.3) is 0 Å². The smallest absolute Gasteiger partial charge is 0.224 e. The number of hydrogen-bond donors (Lipinski definition) is 1. The number of carbonyl (C=O) groups excluding carboxylic acids is 1. The number of aromatic nitrogens is 2. The lowest BCUT2D eigenvalue weighted by Gasteiger charge is -2.36. The number of carbonyl (C=O) groups is 1. The molecule has 1 N–H and O–H groups in total. The van der Waals surface area contributed by atoms with Crippen molar-refractivity contribution in [2.75, 3.05) is 0 Å². The molecule has 1 aliphatic carbocycles. The third kappa shape index (κ3) is 3.81. The molecule has 4 nitrogen and oxygen atoms in total. The molecule has 0 bridgehead atoms. The molecule has 27 heavy (non-hydrogen) atoms. The van der Waals surface area contributed by atoms with Gasteiger partial charge in [-0.3, -0.25) is 4.79 Å². The second-order valence-corrected chi connectivity index (χ2v) is 8.69. The van der Waals surface area contributed by atoms with Crippen LogP contribution in [0.25, 0.3) is 5.69 Å². The average Bonchev–Trinajstić information content (AvgIpc) is 3.23. The Bertz CT molecular complexity index is 962. The molecule has 2 aromatic heterocycles. The molecule has 1 atom stereocenters. The molecule has 4 rings (SSSR count). The Kier molecular flexibility index (Phi) is 4.60. The maximum atomic E-state index is 13.7. The van der Waals surface area contributed by atoms with Gasteiger partial charge in [0.1, 0.15) is 5.82 Å². The van der Waals surface area contributed by atoms with E-state index in [1.165, 1.54) is 12.1 Å². The number of fused-ring (bicyclic) bond motifs is 1. The second kappa shape index (κ2) is 6.93. The summed E-state index contributed by atoms with van der Waals surface area (Å²) in [5, 5.41) is 11.7. The fourth-order valence-corrected chi connectivity index (χ4v) is 4.49. The van der Waals surface area contributed by atoms with Crippen molar-refractivity contribution >= 4 is 17.2 Å². The summed E-state index contributed by atoms with van der Waals surface area (Å²) in [5.41, 5.74) is 3.81. The Balaban J connectivity index is 1.63. The molecule has 1 amide bonds. The SMILES string of the molecule is CC1(C)Cc2c(cnn2-c2cccc(F)c2)C(NC(=O)Cc2ccsc2)C1. The van der Waals surface area contributed by atoms with E-state index in [4.69, 9.17) is 0 Å². The number of thiophene rings is 1. The van der Waals surface area contributed by atoms with E-state index in [-0.39, 0.29) is 23.2 Å². The van der Waals surface area contributed by atoms with Crippen LogP contribution >= 0.6 is 11.3 Å². The van der Waals surface area contributed by atoms with Crippen LogP contribution < -0.4 is 5.32 Å². The zero-order valence-electron chi connectivity index (χ0n) is 15.4. The van der Waals surface area contributed by atoms with Crippen LogP contribution in [0.4, 0.5) is 4.39 Å². The fraction of sp³-hybridized carbons (Fsp3) is 0.333. The summed E-state index contributed by atoms with van der Waals surface area (Å²) in [7, 11) is 0. The molecule has 1 aromatic carbocycles. The number of hydrogen-bond acceptors (Lipinski definition) is 3. The molecule has 140 valence electrons. The minimum absolute atomic E-state index is 0.0123. The standard InChI is InChI=1S/C21H22FN3OS/c1-21(2)10-18(24-20(26)8-14-6-7-27-13-14)17-12-23-25(19(17)11-21)16-5-3-4-15(22)9-16/h3-7,9,12-13,18H,8,10-11H2,1-2H3,(H,24,26). The van der Waals surface area contributed by atoms with Crippen molar-refractivity contribution in [2.45, 2.75) is 39.2 Å². The van der Waals surface area contributed by atoms with Gasteiger partial charge in [0, 0.05) is 5.56 Å². The number of nitrogens with zero attached hydrogens (tertiary/aromatic N) is 2. The first-order chi connectivity index (χ1) is 12.9. The molecule has 3 aromatic rings. The minimum Gasteiger partial charge on any atom is -0.349 e. The monoisotopic (exact) mass is 383 g/mol. The molecule has 0 aliphatic heterocycles. The lowest BCUT2D eigenvalue weighted by atomic mass is 9.74. The summed E-state index contributed by atoms with van der Waals surface area (Å²) in [5.74, 6) is -0.270. The Hall–Kier alpha value is -2.47. The van der Waals surface area contributed by atoms with Crippen LogP contribution in [0.5, 0.6) is 0 Å². The van der Waals surface area contributed by atoms with E-state index in [2.05, 4.69) is 24.3 Å². The van der Waals surface area contributed by atoms with Crippen LogP contribution in [0.15, 0.2) is 47.3 Å². The normalized spacial score (nSPS) is 18.1. The Morgan fingerprint density at radius 1 is 1.41 bits per heavy atom. The molecule has 0 radical (unpaired) electrons. The molecular formula is C21H22FN3OS. The van der Waals surface area contributed by atoms with E-state index in [1.807, 2.05) is 29.1 Å². The highest BCUT2D eigenvalue weighted by atomic mass is 32.1. The number of halogens is 1. The first-order valence-corrected chi connectivity index (χ1v) is 9.99. The van der Waals surface area contributed by atoms with Gasteiger partial charge in [-0.15, -0.1) is 0 Å². The largest absolute Gasteiger partial charge is 0.349 e. The maximum absolute atomic E-state index is 13.7. The lowest BCUT2D eigenvalue weighted by Crippen LogP contribution is -2.37. The molecule has 6 heteroatoms. The van der Waals surface area contributed by atoms with Gasteiger partial charge in [-0.2, -0.15) is 16.4 Å². The van der Waals surface area contributed by atoms with E-state index in [9.17, 15) is 9.18 Å². The lowest BCUT2D eigenvalue weighted by molar-refractivity contribution is -0.121. The molecule has 0 fully saturated rings. The van der Waals surface area contributed by atoms with E-state index in [0.717, 1.165) is 29.7 Å². The number of benzene rings is 1. The highest BCUT2D eigenvalue weighted by Crippen LogP contribution is 2.41. The topological polar surface area (TPSA) is 46.9 Å². The van der Waals surface area contributed by atoms with Crippen LogP contribution in [-0.2, 0) is 17.6 Å². The number of rotatable bonds is 4. The number of amides is 1. The predicted molar refractivity (Wildman–Crippen MR) is 105 cm³/mol. The number of nitrogens with one attached hydrogen (secondary N) is 1. The van der Waals surface area contributed by atoms with Crippen molar-refractivity contribution < 1.29 is 9.18 Å². The van der Waals surface area contributed by atoms with Crippen LogP contribution in [0.1, 0.15) is 43.1 Å². The molecular weight excluding hydrogens is 361 g/mol. The van der Waals surface area contributed by atoms with Crippen molar-refractivity contribution in [3.8, 4) is 5.69 Å². The second-order valence-electron chi connectivity index (χ2n) is 7.91. The molecule has 0 spiro atoms. The highest BCUT2D eigenvalue weighted by Gasteiger charge is 2.36. The van der Waals surface area contributed by atoms with Crippen LogP contribution in [0.2, 0.25) is 0 Å². The van der Waals surface area contributed by atoms with Crippen LogP contribution in [0.3, 0.4) is 0 Å². The van der Waals surface area contributed by atoms with Crippen molar-refractivity contribution in [2.24, 2.45) is 5.41 Å². The Morgan fingerprint density at radius 3 is 3.00 bits per heavy atom. The van der Waals surface area contributed by atoms with E-state index in [1.54, 1.807) is 22.1 Å². The van der Waals surface area contributed by atoms with Crippen molar-refractivity contribution in [1.29, 1.82) is 0 Å². The quantitative estimate of drug-likeness (QED) is 0.724. The van der Waals surface area contributed by atoms with E-state index < -0.39 is 0 Å². The highest BCUT2D eigenvalue weighted by molar-refractivity contribution is 7.08. The first kappa shape index (κ1) is 17.9. The summed E-state index contributed by atoms with van der Waals surface area (Å²) < 4.78 is 15.5. The van der Waals surface area contributed by atoms with E-state index >= 15 is 0 Å². The summed E-state index contributed by atoms with van der Waals surface area (Å²) in [4.78, 5) is 12.5. The average molecular weight is 383 g/mol. The summed E-state index contributed by atoms with van der Waals surface area (Å²) in [6.07, 6.45) is 3.87. The van der Waals surface area contributed by atoms with Crippen molar-refractivity contribution in [3.05, 3.63) is 69.9 Å². The predicted octanol–water partition coefficient (Wildman–Crippen LogP) is 4.45. The van der Waals surface area contributed by atoms with Gasteiger partial charge in [0.05, 0.1) is 30.0 Å². The molecule has 1 aliphatic rings. The van der Waals surface area contributed by atoms with Crippen molar-refractivity contribution in [1.82, 2.24) is 15.1 Å². The zero-order chi connectivity index (χ0) is 19.0. The van der Waals surface area contributed by atoms with Gasteiger partial charge in [0.15, 0.2) is 0 Å². The zero-order valence-corrected chi connectivity index (χ0v) is 16.2. The van der Waals surface area contributed by atoms with Gasteiger partial charge in [0.2, 0.25) is 5.91 Å². The summed E-state index contributed by atoms with van der Waals surface area (Å²) >= 11 is 1.59. The van der Waals surface area contributed by atoms with Crippen LogP contribution in [-0.4, -0.2) is 15.7 Å². The third-order valence-corrected chi connectivity index (χ3v) is 5.74. The van der Waals surface area contributed by atoms with E-state index in [0.29, 0.717) is 12.1 Å². The molecule has 0 saturated carbocycles. The Labute approximate surface area is 162 Å². The fourth-order valence-electron chi connectivity index (χ4n) is 3.83. The van der Waals surface area contributed by atoms with Gasteiger partial charge in [-0.1, -0.05) is 19.9 Å². The van der Waals surface area contributed by atoms with Gasteiger partial charge >= 0.3 is 0 Å². The molecule has 2 heterocycles. The van der Waals surface area contributed by atoms with Gasteiger partial charge in [-0.05, 0) is 58.8 Å². The van der Waals surface area contributed by atoms with Gasteiger partial charge < -0.3 is 5.32 Å². The minimum atomic E-state index is -0.285. The molecule has 0 saturated heterocycles. The third-order valence-electron chi connectivity index (χ3n) is 5.01. The molecule has 1 unspecified atom stereocenters. The maximum Gasteiger partial charge on any atom is 0.224 e. The van der Waals surface area contributed by atoms with Crippen molar-refractivity contribution in [3.63, 3.8) is 0 Å². The van der Waals surface area contributed by atoms with Crippen LogP contribution in [0, 0.1) is 11.2 Å². The Morgan fingerprint density at radius 2 is 2.26 bits per heavy atom. The first-order valence-electron chi connectivity index (χ1n) is 9.04.